The molecule has 2 saturated heterocycles. The molecule has 0 aliphatic carbocycles. The summed E-state index contributed by atoms with van der Waals surface area (Å²) < 4.78 is 0. The van der Waals surface area contributed by atoms with Crippen LogP contribution in [0.5, 0.6) is 0 Å². The molecule has 1 aromatic carbocycles. The highest BCUT2D eigenvalue weighted by Gasteiger charge is 2.26. The molecule has 0 unspecified atom stereocenters. The van der Waals surface area contributed by atoms with Crippen LogP contribution < -0.4 is 10.6 Å². The fraction of sp³-hybridized carbons (Fsp3) is 0.632. The smallest absolute Gasteiger partial charge is 0.237 e. The van der Waals surface area contributed by atoms with Crippen molar-refractivity contribution in [3.8, 4) is 0 Å². The van der Waals surface area contributed by atoms with Crippen molar-refractivity contribution in [1.29, 1.82) is 0 Å². The van der Waals surface area contributed by atoms with Crippen LogP contribution in [0.1, 0.15) is 30.9 Å². The van der Waals surface area contributed by atoms with Crippen LogP contribution in [0.25, 0.3) is 0 Å². The first-order chi connectivity index (χ1) is 11.7. The summed E-state index contributed by atoms with van der Waals surface area (Å²) in [5.41, 5.74) is 1.39. The Labute approximate surface area is 145 Å². The Morgan fingerprint density at radius 1 is 1.29 bits per heavy atom. The molecule has 2 N–H and O–H groups in total. The second kappa shape index (κ2) is 8.60. The lowest BCUT2D eigenvalue weighted by molar-refractivity contribution is -0.122. The van der Waals surface area contributed by atoms with E-state index in [-0.39, 0.29) is 11.9 Å². The number of amides is 1. The number of nitrogens with one attached hydrogen (secondary N) is 2. The van der Waals surface area contributed by atoms with E-state index in [1.807, 2.05) is 0 Å². The van der Waals surface area contributed by atoms with E-state index in [0.717, 1.165) is 58.5 Å². The van der Waals surface area contributed by atoms with Gasteiger partial charge in [0, 0.05) is 38.8 Å². The SMILES string of the molecule is CN1CCN(CCCNC(=O)[C@H]2CCCN2)[C@H](c2ccccc2)C1. The summed E-state index contributed by atoms with van der Waals surface area (Å²) in [6.07, 6.45) is 3.09. The van der Waals surface area contributed by atoms with Crippen LogP contribution in [0, 0.1) is 0 Å². The van der Waals surface area contributed by atoms with E-state index in [0.29, 0.717) is 6.04 Å². The Morgan fingerprint density at radius 3 is 2.88 bits per heavy atom. The minimum Gasteiger partial charge on any atom is -0.355 e. The van der Waals surface area contributed by atoms with Gasteiger partial charge in [0.1, 0.15) is 0 Å². The standard InChI is InChI=1S/C19H30N4O/c1-22-13-14-23(18(15-22)16-7-3-2-4-8-16)12-6-11-21-19(24)17-9-5-10-20-17/h2-4,7-8,17-18,20H,5-6,9-15H2,1H3,(H,21,24)/t17-,18+/m1/s1. The summed E-state index contributed by atoms with van der Waals surface area (Å²) in [7, 11) is 2.20. The van der Waals surface area contributed by atoms with Gasteiger partial charge in [-0.3, -0.25) is 9.69 Å². The third-order valence-corrected chi connectivity index (χ3v) is 5.18. The maximum atomic E-state index is 12.0. The molecule has 24 heavy (non-hydrogen) atoms. The van der Waals surface area contributed by atoms with Gasteiger partial charge in [-0.1, -0.05) is 30.3 Å². The zero-order valence-corrected chi connectivity index (χ0v) is 14.7. The Bertz CT molecular complexity index is 515. The minimum atomic E-state index is 0.0331. The molecule has 5 nitrogen and oxygen atoms in total. The molecule has 1 amide bonds. The van der Waals surface area contributed by atoms with Gasteiger partial charge in [-0.15, -0.1) is 0 Å². The number of hydrogen-bond acceptors (Lipinski definition) is 4. The lowest BCUT2D eigenvalue weighted by atomic mass is 10.0. The maximum Gasteiger partial charge on any atom is 0.237 e. The lowest BCUT2D eigenvalue weighted by Crippen LogP contribution is -2.47. The van der Waals surface area contributed by atoms with Gasteiger partial charge in [0.05, 0.1) is 6.04 Å². The van der Waals surface area contributed by atoms with Crippen LogP contribution >= 0.6 is 0 Å². The summed E-state index contributed by atoms with van der Waals surface area (Å²) in [6.45, 7) is 6.05. The number of piperazine rings is 1. The van der Waals surface area contributed by atoms with Crippen LogP contribution in [0.3, 0.4) is 0 Å². The second-order valence-electron chi connectivity index (χ2n) is 7.02. The third kappa shape index (κ3) is 4.56. The molecule has 3 rings (SSSR count). The highest BCUT2D eigenvalue weighted by atomic mass is 16.2. The summed E-state index contributed by atoms with van der Waals surface area (Å²) in [4.78, 5) is 17.0. The number of carbonyl (C=O) groups excluding carboxylic acids is 1. The van der Waals surface area contributed by atoms with Gasteiger partial charge in [-0.25, -0.2) is 0 Å². The van der Waals surface area contributed by atoms with E-state index in [2.05, 4.69) is 57.8 Å². The van der Waals surface area contributed by atoms with E-state index in [9.17, 15) is 4.79 Å². The Balaban J connectivity index is 1.46. The minimum absolute atomic E-state index is 0.0331. The molecule has 5 heteroatoms. The van der Waals surface area contributed by atoms with Gasteiger partial charge < -0.3 is 15.5 Å². The zero-order chi connectivity index (χ0) is 16.8. The van der Waals surface area contributed by atoms with Crippen LogP contribution in [0.15, 0.2) is 30.3 Å². The highest BCUT2D eigenvalue weighted by Crippen LogP contribution is 2.24. The van der Waals surface area contributed by atoms with Crippen molar-refractivity contribution in [2.75, 3.05) is 46.3 Å². The van der Waals surface area contributed by atoms with E-state index in [1.165, 1.54) is 5.56 Å². The van der Waals surface area contributed by atoms with Crippen molar-refractivity contribution < 1.29 is 4.79 Å². The van der Waals surface area contributed by atoms with Crippen molar-refractivity contribution in [1.82, 2.24) is 20.4 Å². The predicted molar refractivity (Wildman–Crippen MR) is 96.9 cm³/mol. The summed E-state index contributed by atoms with van der Waals surface area (Å²) in [5, 5.41) is 6.34. The van der Waals surface area contributed by atoms with Crippen molar-refractivity contribution in [2.24, 2.45) is 0 Å². The Kier molecular flexibility index (Phi) is 6.24. The molecule has 0 bridgehead atoms. The van der Waals surface area contributed by atoms with Crippen LogP contribution in [0.2, 0.25) is 0 Å². The topological polar surface area (TPSA) is 47.6 Å². The molecule has 2 heterocycles. The van der Waals surface area contributed by atoms with Crippen LogP contribution in [-0.2, 0) is 4.79 Å². The van der Waals surface area contributed by atoms with E-state index in [1.54, 1.807) is 0 Å². The molecule has 132 valence electrons. The number of hydrogen-bond donors (Lipinski definition) is 2. The van der Waals surface area contributed by atoms with Crippen molar-refractivity contribution in [3.63, 3.8) is 0 Å². The fourth-order valence-corrected chi connectivity index (χ4v) is 3.74. The number of carbonyl (C=O) groups is 1. The monoisotopic (exact) mass is 330 g/mol. The number of benzene rings is 1. The quantitative estimate of drug-likeness (QED) is 0.771. The molecular weight excluding hydrogens is 300 g/mol. The molecule has 0 aromatic heterocycles. The summed E-state index contributed by atoms with van der Waals surface area (Å²) >= 11 is 0. The van der Waals surface area contributed by atoms with Crippen molar-refractivity contribution >= 4 is 5.91 Å². The van der Waals surface area contributed by atoms with Gasteiger partial charge in [-0.05, 0) is 38.4 Å². The van der Waals surface area contributed by atoms with Gasteiger partial charge >= 0.3 is 0 Å². The fourth-order valence-electron chi connectivity index (χ4n) is 3.74. The molecule has 2 aliphatic rings. The van der Waals surface area contributed by atoms with E-state index < -0.39 is 0 Å². The average Bonchev–Trinajstić information content (AvgIpc) is 3.15. The molecule has 2 fully saturated rings. The largest absolute Gasteiger partial charge is 0.355 e. The summed E-state index contributed by atoms with van der Waals surface area (Å²) in [5.74, 6) is 0.172. The van der Waals surface area contributed by atoms with Crippen LogP contribution in [-0.4, -0.2) is 68.1 Å². The molecular formula is C19H30N4O. The van der Waals surface area contributed by atoms with Gasteiger partial charge in [0.25, 0.3) is 0 Å². The van der Waals surface area contributed by atoms with E-state index in [4.69, 9.17) is 0 Å². The predicted octanol–water partition coefficient (Wildman–Crippen LogP) is 1.23. The Morgan fingerprint density at radius 2 is 2.12 bits per heavy atom. The number of likely N-dealkylation sites (N-methyl/N-ethyl adjacent to an activating group) is 1. The lowest BCUT2D eigenvalue weighted by Gasteiger charge is -2.40. The third-order valence-electron chi connectivity index (χ3n) is 5.18. The van der Waals surface area contributed by atoms with Crippen molar-refractivity contribution in [2.45, 2.75) is 31.3 Å². The highest BCUT2D eigenvalue weighted by molar-refractivity contribution is 5.81. The molecule has 2 aliphatic heterocycles. The van der Waals surface area contributed by atoms with Crippen LogP contribution in [0.4, 0.5) is 0 Å². The van der Waals surface area contributed by atoms with Gasteiger partial charge in [0.2, 0.25) is 5.91 Å². The number of rotatable bonds is 6. The number of nitrogens with zero attached hydrogens (tertiary/aromatic N) is 2. The molecule has 0 spiro atoms. The molecule has 2 atom stereocenters. The molecule has 1 aromatic rings. The first-order valence-electron chi connectivity index (χ1n) is 9.22. The maximum absolute atomic E-state index is 12.0. The van der Waals surface area contributed by atoms with Gasteiger partial charge in [-0.2, -0.15) is 0 Å². The summed E-state index contributed by atoms with van der Waals surface area (Å²) in [6, 6.07) is 11.3. The average molecular weight is 330 g/mol. The first-order valence-corrected chi connectivity index (χ1v) is 9.22. The zero-order valence-electron chi connectivity index (χ0n) is 14.7. The van der Waals surface area contributed by atoms with Gasteiger partial charge in [0.15, 0.2) is 0 Å². The molecule has 0 radical (unpaired) electrons. The normalized spacial score (nSPS) is 25.7. The Hall–Kier alpha value is -1.43. The van der Waals surface area contributed by atoms with E-state index >= 15 is 0 Å². The second-order valence-corrected chi connectivity index (χ2v) is 7.02. The van der Waals surface area contributed by atoms with Crippen molar-refractivity contribution in [3.05, 3.63) is 35.9 Å². The first kappa shape index (κ1) is 17.4. The molecule has 0 saturated carbocycles.